The van der Waals surface area contributed by atoms with Crippen molar-refractivity contribution in [3.05, 3.63) is 70.6 Å². The van der Waals surface area contributed by atoms with Crippen molar-refractivity contribution in [2.75, 3.05) is 0 Å². The molecule has 0 saturated carbocycles. The van der Waals surface area contributed by atoms with Crippen LogP contribution in [0.4, 0.5) is 0 Å². The van der Waals surface area contributed by atoms with E-state index in [1.807, 2.05) is 24.3 Å². The van der Waals surface area contributed by atoms with Crippen molar-refractivity contribution < 1.29 is 5.11 Å². The fraction of sp³-hybridized carbons (Fsp3) is 0.222. The van der Waals surface area contributed by atoms with Gasteiger partial charge in [0, 0.05) is 9.58 Å². The Morgan fingerprint density at radius 3 is 2.50 bits per heavy atom. The van der Waals surface area contributed by atoms with Gasteiger partial charge >= 0.3 is 0 Å². The first-order valence-electron chi connectivity index (χ1n) is 7.03. The molecule has 0 spiro atoms. The SMILES string of the molecule is CCCc1ccc(C(O)c2cc3ccccc3s2)cc1. The Morgan fingerprint density at radius 2 is 1.80 bits per heavy atom. The van der Waals surface area contributed by atoms with E-state index in [9.17, 15) is 5.11 Å². The molecule has 1 N–H and O–H groups in total. The van der Waals surface area contributed by atoms with E-state index in [-0.39, 0.29) is 0 Å². The van der Waals surface area contributed by atoms with E-state index < -0.39 is 6.10 Å². The van der Waals surface area contributed by atoms with E-state index >= 15 is 0 Å². The normalized spacial score (nSPS) is 12.7. The van der Waals surface area contributed by atoms with Crippen LogP contribution in [0.15, 0.2) is 54.6 Å². The van der Waals surface area contributed by atoms with Crippen molar-refractivity contribution >= 4 is 21.4 Å². The third kappa shape index (κ3) is 2.62. The van der Waals surface area contributed by atoms with E-state index in [1.54, 1.807) is 11.3 Å². The summed E-state index contributed by atoms with van der Waals surface area (Å²) in [5.41, 5.74) is 2.30. The van der Waals surface area contributed by atoms with Gasteiger partial charge in [-0.15, -0.1) is 11.3 Å². The van der Waals surface area contributed by atoms with E-state index in [0.717, 1.165) is 23.3 Å². The minimum absolute atomic E-state index is 0.525. The molecule has 1 aromatic heterocycles. The van der Waals surface area contributed by atoms with E-state index in [4.69, 9.17) is 0 Å². The Hall–Kier alpha value is -1.64. The number of aliphatic hydroxyl groups excluding tert-OH is 1. The van der Waals surface area contributed by atoms with Crippen molar-refractivity contribution in [1.82, 2.24) is 0 Å². The lowest BCUT2D eigenvalue weighted by Gasteiger charge is -2.09. The molecule has 3 rings (SSSR count). The molecule has 0 radical (unpaired) electrons. The minimum atomic E-state index is -0.525. The summed E-state index contributed by atoms with van der Waals surface area (Å²) in [5, 5.41) is 11.7. The van der Waals surface area contributed by atoms with Crippen LogP contribution in [-0.4, -0.2) is 5.11 Å². The number of hydrogen-bond acceptors (Lipinski definition) is 2. The predicted octanol–water partition coefficient (Wildman–Crippen LogP) is 4.94. The standard InChI is InChI=1S/C18H18OS/c1-2-5-13-8-10-14(11-9-13)18(19)17-12-15-6-3-4-7-16(15)20-17/h3-4,6-12,18-19H,2,5H2,1H3. The van der Waals surface area contributed by atoms with Gasteiger partial charge in [0.2, 0.25) is 0 Å². The van der Waals surface area contributed by atoms with Crippen LogP contribution < -0.4 is 0 Å². The second kappa shape index (κ2) is 5.78. The molecule has 2 heteroatoms. The van der Waals surface area contributed by atoms with E-state index in [2.05, 4.69) is 37.3 Å². The molecule has 102 valence electrons. The van der Waals surface area contributed by atoms with Crippen molar-refractivity contribution in [2.45, 2.75) is 25.9 Å². The van der Waals surface area contributed by atoms with Crippen LogP contribution in [0.5, 0.6) is 0 Å². The number of hydrogen-bond donors (Lipinski definition) is 1. The van der Waals surface area contributed by atoms with Gasteiger partial charge in [0.25, 0.3) is 0 Å². The van der Waals surface area contributed by atoms with Gasteiger partial charge in [0.15, 0.2) is 0 Å². The van der Waals surface area contributed by atoms with Crippen LogP contribution >= 0.6 is 11.3 Å². The van der Waals surface area contributed by atoms with E-state index in [0.29, 0.717) is 0 Å². The molecule has 1 heterocycles. The summed E-state index contributed by atoms with van der Waals surface area (Å²) < 4.78 is 1.23. The maximum absolute atomic E-state index is 10.5. The average Bonchev–Trinajstić information content (AvgIpc) is 2.91. The number of aryl methyl sites for hydroxylation is 1. The van der Waals surface area contributed by atoms with Gasteiger partial charge in [-0.05, 0) is 35.1 Å². The monoisotopic (exact) mass is 282 g/mol. The molecular formula is C18H18OS. The number of thiophene rings is 1. The fourth-order valence-corrected chi connectivity index (χ4v) is 3.54. The highest BCUT2D eigenvalue weighted by Crippen LogP contribution is 2.33. The largest absolute Gasteiger partial charge is 0.383 e. The van der Waals surface area contributed by atoms with Crippen LogP contribution in [0.1, 0.15) is 35.5 Å². The van der Waals surface area contributed by atoms with Gasteiger partial charge < -0.3 is 5.11 Å². The lowest BCUT2D eigenvalue weighted by molar-refractivity contribution is 0.224. The summed E-state index contributed by atoms with van der Waals surface area (Å²) in [4.78, 5) is 1.01. The molecule has 0 aliphatic carbocycles. The molecule has 1 unspecified atom stereocenters. The molecule has 2 aromatic carbocycles. The second-order valence-electron chi connectivity index (χ2n) is 5.08. The van der Waals surface area contributed by atoms with Crippen LogP contribution in [0.3, 0.4) is 0 Å². The molecule has 1 nitrogen and oxygen atoms in total. The Kier molecular flexibility index (Phi) is 3.86. The van der Waals surface area contributed by atoms with Crippen molar-refractivity contribution in [2.24, 2.45) is 0 Å². The summed E-state index contributed by atoms with van der Waals surface area (Å²) >= 11 is 1.66. The van der Waals surface area contributed by atoms with Crippen molar-refractivity contribution in [3.63, 3.8) is 0 Å². The molecule has 0 saturated heterocycles. The summed E-state index contributed by atoms with van der Waals surface area (Å²) in [6, 6.07) is 18.7. The Labute approximate surface area is 123 Å². The van der Waals surface area contributed by atoms with Gasteiger partial charge in [-0.1, -0.05) is 55.8 Å². The number of aliphatic hydroxyl groups is 1. The molecule has 0 amide bonds. The quantitative estimate of drug-likeness (QED) is 0.719. The van der Waals surface area contributed by atoms with E-state index in [1.165, 1.54) is 15.6 Å². The summed E-state index contributed by atoms with van der Waals surface area (Å²) in [6.07, 6.45) is 1.72. The highest BCUT2D eigenvalue weighted by molar-refractivity contribution is 7.19. The zero-order chi connectivity index (χ0) is 13.9. The van der Waals surface area contributed by atoms with Gasteiger partial charge in [-0.3, -0.25) is 0 Å². The molecular weight excluding hydrogens is 264 g/mol. The number of fused-ring (bicyclic) bond motifs is 1. The molecule has 0 aliphatic heterocycles. The first-order chi connectivity index (χ1) is 9.78. The highest BCUT2D eigenvalue weighted by Gasteiger charge is 2.13. The minimum Gasteiger partial charge on any atom is -0.383 e. The maximum Gasteiger partial charge on any atom is 0.113 e. The van der Waals surface area contributed by atoms with Crippen LogP contribution in [0, 0.1) is 0 Å². The molecule has 3 aromatic rings. The van der Waals surface area contributed by atoms with Gasteiger partial charge in [0.1, 0.15) is 6.10 Å². The topological polar surface area (TPSA) is 20.2 Å². The van der Waals surface area contributed by atoms with Crippen LogP contribution in [0.2, 0.25) is 0 Å². The van der Waals surface area contributed by atoms with Gasteiger partial charge in [0.05, 0.1) is 0 Å². The Balaban J connectivity index is 1.89. The summed E-state index contributed by atoms with van der Waals surface area (Å²) in [6.45, 7) is 2.18. The van der Waals surface area contributed by atoms with Gasteiger partial charge in [-0.2, -0.15) is 0 Å². The smallest absolute Gasteiger partial charge is 0.113 e. The maximum atomic E-state index is 10.5. The second-order valence-corrected chi connectivity index (χ2v) is 6.20. The first kappa shape index (κ1) is 13.3. The Morgan fingerprint density at radius 1 is 1.05 bits per heavy atom. The first-order valence-corrected chi connectivity index (χ1v) is 7.85. The summed E-state index contributed by atoms with van der Waals surface area (Å²) in [7, 11) is 0. The predicted molar refractivity (Wildman–Crippen MR) is 86.3 cm³/mol. The Bertz CT molecular complexity index is 664. The van der Waals surface area contributed by atoms with Crippen molar-refractivity contribution in [3.8, 4) is 0 Å². The lowest BCUT2D eigenvalue weighted by atomic mass is 10.0. The third-order valence-corrected chi connectivity index (χ3v) is 4.72. The molecule has 0 aliphatic rings. The highest BCUT2D eigenvalue weighted by atomic mass is 32.1. The zero-order valence-corrected chi connectivity index (χ0v) is 12.4. The lowest BCUT2D eigenvalue weighted by Crippen LogP contribution is -1.97. The summed E-state index contributed by atoms with van der Waals surface area (Å²) in [5.74, 6) is 0. The molecule has 0 fully saturated rings. The molecule has 20 heavy (non-hydrogen) atoms. The van der Waals surface area contributed by atoms with Crippen molar-refractivity contribution in [1.29, 1.82) is 0 Å². The van der Waals surface area contributed by atoms with Crippen LogP contribution in [0.25, 0.3) is 10.1 Å². The third-order valence-electron chi connectivity index (χ3n) is 3.55. The number of rotatable bonds is 4. The van der Waals surface area contributed by atoms with Crippen LogP contribution in [-0.2, 0) is 6.42 Å². The number of benzene rings is 2. The molecule has 1 atom stereocenters. The zero-order valence-electron chi connectivity index (χ0n) is 11.5. The van der Waals surface area contributed by atoms with Gasteiger partial charge in [-0.25, -0.2) is 0 Å². The fourth-order valence-electron chi connectivity index (χ4n) is 2.46. The molecule has 0 bridgehead atoms. The average molecular weight is 282 g/mol.